The van der Waals surface area contributed by atoms with Crippen molar-refractivity contribution >= 4 is 17.5 Å². The molecule has 0 bridgehead atoms. The monoisotopic (exact) mass is 265 g/mol. The topological polar surface area (TPSA) is 107 Å². The number of hydrogen-bond donors (Lipinski definition) is 3. The molecule has 0 aliphatic rings. The zero-order chi connectivity index (χ0) is 14.4. The van der Waals surface area contributed by atoms with Crippen LogP contribution in [-0.2, 0) is 4.79 Å². The Labute approximate surface area is 112 Å². The fraction of sp³-hybridized carbons (Fsp3) is 0.385. The normalized spacial score (nSPS) is 11.7. The molecule has 6 nitrogen and oxygen atoms in total. The molecule has 1 aromatic rings. The van der Waals surface area contributed by atoms with Crippen LogP contribution < -0.4 is 21.5 Å². The van der Waals surface area contributed by atoms with Crippen LogP contribution >= 0.6 is 0 Å². The average Bonchev–Trinajstić information content (AvgIpc) is 2.39. The molecular weight excluding hydrogens is 246 g/mol. The summed E-state index contributed by atoms with van der Waals surface area (Å²) in [5, 5.41) is 2.71. The molecule has 0 aliphatic heterocycles. The number of hydrogen-bond acceptors (Lipinski definition) is 4. The third-order valence-electron chi connectivity index (χ3n) is 2.89. The lowest BCUT2D eigenvalue weighted by Gasteiger charge is -2.15. The Morgan fingerprint density at radius 1 is 1.42 bits per heavy atom. The molecule has 1 aromatic carbocycles. The van der Waals surface area contributed by atoms with Gasteiger partial charge in [-0.1, -0.05) is 6.92 Å². The molecule has 0 heterocycles. The lowest BCUT2D eigenvalue weighted by Crippen LogP contribution is -2.29. The number of carbonyl (C=O) groups is 2. The van der Waals surface area contributed by atoms with Gasteiger partial charge in [0.1, 0.15) is 5.75 Å². The lowest BCUT2D eigenvalue weighted by atomic mass is 10.1. The summed E-state index contributed by atoms with van der Waals surface area (Å²) in [5.74, 6) is -0.582. The number of ether oxygens (including phenoxy) is 1. The fourth-order valence-corrected chi connectivity index (χ4v) is 1.65. The van der Waals surface area contributed by atoms with Gasteiger partial charge in [-0.3, -0.25) is 9.59 Å². The summed E-state index contributed by atoms with van der Waals surface area (Å²) in [6, 6.07) is 4.61. The Kier molecular flexibility index (Phi) is 5.32. The maximum Gasteiger partial charge on any atom is 0.248 e. The maximum atomic E-state index is 12.0. The molecule has 0 aliphatic carbocycles. The molecule has 0 saturated carbocycles. The third-order valence-corrected chi connectivity index (χ3v) is 2.89. The van der Waals surface area contributed by atoms with Crippen LogP contribution in [0.15, 0.2) is 18.2 Å². The van der Waals surface area contributed by atoms with Crippen molar-refractivity contribution in [2.24, 2.45) is 17.4 Å². The van der Waals surface area contributed by atoms with Crippen molar-refractivity contribution in [3.05, 3.63) is 23.8 Å². The summed E-state index contributed by atoms with van der Waals surface area (Å²) in [6.07, 6.45) is 0.639. The molecule has 6 heteroatoms. The first-order valence-corrected chi connectivity index (χ1v) is 6.02. The van der Waals surface area contributed by atoms with Crippen molar-refractivity contribution in [2.75, 3.05) is 19.0 Å². The number of benzene rings is 1. The number of nitrogens with two attached hydrogens (primary N) is 2. The number of amides is 2. The van der Waals surface area contributed by atoms with E-state index in [2.05, 4.69) is 5.32 Å². The molecule has 1 atom stereocenters. The van der Waals surface area contributed by atoms with E-state index in [4.69, 9.17) is 16.2 Å². The summed E-state index contributed by atoms with van der Waals surface area (Å²) >= 11 is 0. The van der Waals surface area contributed by atoms with Gasteiger partial charge in [-0.05, 0) is 24.6 Å². The minimum atomic E-state index is -0.566. The van der Waals surface area contributed by atoms with E-state index in [1.165, 1.54) is 19.2 Å². The predicted octanol–water partition coefficient (Wildman–Crippen LogP) is 0.718. The van der Waals surface area contributed by atoms with E-state index in [9.17, 15) is 9.59 Å². The van der Waals surface area contributed by atoms with Crippen LogP contribution in [0.5, 0.6) is 5.75 Å². The highest BCUT2D eigenvalue weighted by atomic mass is 16.5. The first-order valence-electron chi connectivity index (χ1n) is 6.02. The summed E-state index contributed by atoms with van der Waals surface area (Å²) in [6.45, 7) is 2.15. The fourth-order valence-electron chi connectivity index (χ4n) is 1.65. The molecular formula is C13H19N3O3. The van der Waals surface area contributed by atoms with Gasteiger partial charge in [0.05, 0.1) is 18.7 Å². The Bertz CT molecular complexity index is 470. The van der Waals surface area contributed by atoms with Gasteiger partial charge in [0.2, 0.25) is 11.8 Å². The second kappa shape index (κ2) is 6.75. The smallest absolute Gasteiger partial charge is 0.248 e. The van der Waals surface area contributed by atoms with Gasteiger partial charge in [0.25, 0.3) is 0 Å². The summed E-state index contributed by atoms with van der Waals surface area (Å²) in [5.41, 5.74) is 11.4. The second-order valence-electron chi connectivity index (χ2n) is 4.11. The molecule has 2 amide bonds. The number of carbonyl (C=O) groups excluding carboxylic acids is 2. The quantitative estimate of drug-likeness (QED) is 0.704. The molecule has 0 radical (unpaired) electrons. The molecule has 0 aromatic heterocycles. The highest BCUT2D eigenvalue weighted by molar-refractivity contribution is 5.98. The molecule has 0 spiro atoms. The van der Waals surface area contributed by atoms with E-state index in [1.807, 2.05) is 6.92 Å². The number of nitrogens with one attached hydrogen (secondary N) is 1. The summed E-state index contributed by atoms with van der Waals surface area (Å²) in [7, 11) is 1.48. The van der Waals surface area contributed by atoms with Gasteiger partial charge in [-0.15, -0.1) is 0 Å². The van der Waals surface area contributed by atoms with E-state index in [-0.39, 0.29) is 18.4 Å². The molecule has 0 saturated heterocycles. The molecule has 1 rings (SSSR count). The van der Waals surface area contributed by atoms with Gasteiger partial charge in [0.15, 0.2) is 0 Å². The van der Waals surface area contributed by atoms with Crippen LogP contribution in [0, 0.1) is 5.92 Å². The van der Waals surface area contributed by atoms with Crippen molar-refractivity contribution in [1.82, 2.24) is 0 Å². The Hall–Kier alpha value is -2.08. The van der Waals surface area contributed by atoms with Gasteiger partial charge in [0, 0.05) is 12.1 Å². The maximum absolute atomic E-state index is 12.0. The van der Waals surface area contributed by atoms with Crippen LogP contribution in [0.4, 0.5) is 5.69 Å². The van der Waals surface area contributed by atoms with Crippen LogP contribution in [0.3, 0.4) is 0 Å². The van der Waals surface area contributed by atoms with E-state index >= 15 is 0 Å². The zero-order valence-electron chi connectivity index (χ0n) is 11.1. The molecule has 19 heavy (non-hydrogen) atoms. The Balaban J connectivity index is 3.00. The largest absolute Gasteiger partial charge is 0.495 e. The van der Waals surface area contributed by atoms with Crippen LogP contribution in [0.25, 0.3) is 0 Å². The number of anilines is 1. The van der Waals surface area contributed by atoms with Gasteiger partial charge in [-0.2, -0.15) is 0 Å². The number of primary amides is 1. The minimum Gasteiger partial charge on any atom is -0.495 e. The first-order chi connectivity index (χ1) is 9.03. The van der Waals surface area contributed by atoms with Crippen molar-refractivity contribution in [3.8, 4) is 5.75 Å². The van der Waals surface area contributed by atoms with Crippen molar-refractivity contribution in [3.63, 3.8) is 0 Å². The lowest BCUT2D eigenvalue weighted by molar-refractivity contribution is -0.119. The van der Waals surface area contributed by atoms with Crippen molar-refractivity contribution in [2.45, 2.75) is 13.3 Å². The predicted molar refractivity (Wildman–Crippen MR) is 73.0 cm³/mol. The second-order valence-corrected chi connectivity index (χ2v) is 4.11. The summed E-state index contributed by atoms with van der Waals surface area (Å²) < 4.78 is 5.13. The van der Waals surface area contributed by atoms with Gasteiger partial charge in [-0.25, -0.2) is 0 Å². The van der Waals surface area contributed by atoms with Crippen LogP contribution in [-0.4, -0.2) is 25.5 Å². The molecule has 104 valence electrons. The van der Waals surface area contributed by atoms with Crippen LogP contribution in [0.2, 0.25) is 0 Å². The number of rotatable bonds is 6. The highest BCUT2D eigenvalue weighted by Gasteiger charge is 2.17. The van der Waals surface area contributed by atoms with E-state index in [0.29, 0.717) is 23.4 Å². The van der Waals surface area contributed by atoms with Crippen molar-refractivity contribution in [1.29, 1.82) is 0 Å². The minimum absolute atomic E-state index is 0.204. The van der Waals surface area contributed by atoms with Crippen LogP contribution in [0.1, 0.15) is 23.7 Å². The standard InChI is InChI=1S/C13H19N3O3/c1-3-8(7-14)13(18)16-10-6-9(12(15)17)4-5-11(10)19-2/h4-6,8H,3,7,14H2,1-2H3,(H2,15,17)(H,16,18). The van der Waals surface area contributed by atoms with E-state index in [1.54, 1.807) is 6.07 Å². The third kappa shape index (κ3) is 3.69. The van der Waals surface area contributed by atoms with Gasteiger partial charge < -0.3 is 21.5 Å². The van der Waals surface area contributed by atoms with E-state index < -0.39 is 5.91 Å². The van der Waals surface area contributed by atoms with Gasteiger partial charge >= 0.3 is 0 Å². The molecule has 1 unspecified atom stereocenters. The van der Waals surface area contributed by atoms with Crippen molar-refractivity contribution < 1.29 is 14.3 Å². The number of methoxy groups -OCH3 is 1. The SMILES string of the molecule is CCC(CN)C(=O)Nc1cc(C(N)=O)ccc1OC. The first kappa shape index (κ1) is 15.0. The Morgan fingerprint density at radius 3 is 2.58 bits per heavy atom. The van der Waals surface area contributed by atoms with E-state index in [0.717, 1.165) is 0 Å². The molecule has 5 N–H and O–H groups in total. The summed E-state index contributed by atoms with van der Waals surface area (Å²) in [4.78, 5) is 23.1. The Morgan fingerprint density at radius 2 is 2.11 bits per heavy atom. The highest BCUT2D eigenvalue weighted by Crippen LogP contribution is 2.26. The zero-order valence-corrected chi connectivity index (χ0v) is 11.1. The average molecular weight is 265 g/mol. The molecule has 0 fully saturated rings.